The van der Waals surface area contributed by atoms with Crippen LogP contribution in [0, 0.1) is 0 Å². The van der Waals surface area contributed by atoms with E-state index in [9.17, 15) is 0 Å². The van der Waals surface area contributed by atoms with Gasteiger partial charge in [0.15, 0.2) is 11.3 Å². The number of halogens is 1. The van der Waals surface area contributed by atoms with Crippen LogP contribution in [0.25, 0.3) is 11.0 Å². The van der Waals surface area contributed by atoms with Crippen LogP contribution in [0.4, 0.5) is 0 Å². The molecular weight excluding hydrogens is 276 g/mol. The minimum Gasteiger partial charge on any atom is -0.455 e. The van der Waals surface area contributed by atoms with Gasteiger partial charge in [0.1, 0.15) is 18.1 Å². The fourth-order valence-electron chi connectivity index (χ4n) is 2.04. The van der Waals surface area contributed by atoms with Gasteiger partial charge in [-0.3, -0.25) is 0 Å². The Morgan fingerprint density at radius 2 is 1.95 bits per heavy atom. The van der Waals surface area contributed by atoms with E-state index in [4.69, 9.17) is 25.5 Å². The Labute approximate surface area is 121 Å². The topological polar surface area (TPSA) is 31.6 Å². The summed E-state index contributed by atoms with van der Waals surface area (Å²) >= 11 is 5.95. The Morgan fingerprint density at radius 1 is 1.10 bits per heavy atom. The van der Waals surface area contributed by atoms with Gasteiger partial charge in [0.05, 0.1) is 0 Å². The lowest BCUT2D eigenvalue weighted by molar-refractivity contribution is 0.166. The minimum atomic E-state index is 0.436. The lowest BCUT2D eigenvalue weighted by Gasteiger charge is -2.06. The summed E-state index contributed by atoms with van der Waals surface area (Å²) in [6.07, 6.45) is 0. The molecule has 3 rings (SSSR count). The van der Waals surface area contributed by atoms with Crippen LogP contribution >= 0.6 is 11.6 Å². The summed E-state index contributed by atoms with van der Waals surface area (Å²) in [7, 11) is 1.64. The number of benzene rings is 2. The van der Waals surface area contributed by atoms with Crippen LogP contribution in [0.5, 0.6) is 11.5 Å². The zero-order valence-electron chi connectivity index (χ0n) is 10.9. The molecule has 1 heterocycles. The summed E-state index contributed by atoms with van der Waals surface area (Å²) in [5, 5.41) is 1.62. The van der Waals surface area contributed by atoms with Crippen LogP contribution in [-0.2, 0) is 11.3 Å². The van der Waals surface area contributed by atoms with Crippen molar-refractivity contribution in [3.63, 3.8) is 0 Å². The molecule has 1 aromatic heterocycles. The van der Waals surface area contributed by atoms with E-state index in [0.29, 0.717) is 28.7 Å². The highest BCUT2D eigenvalue weighted by Crippen LogP contribution is 2.33. The molecule has 3 aromatic rings. The standard InChI is InChI=1S/C16H13ClO3/c1-18-10-14-8-11-4-2-7-15(16(11)20-14)19-13-6-3-5-12(17)9-13/h2-9H,10H2,1H3. The smallest absolute Gasteiger partial charge is 0.176 e. The Hall–Kier alpha value is -1.97. The summed E-state index contributed by atoms with van der Waals surface area (Å²) in [6, 6.07) is 15.0. The Bertz CT molecular complexity index is 733. The molecule has 102 valence electrons. The van der Waals surface area contributed by atoms with Gasteiger partial charge in [0.2, 0.25) is 0 Å². The molecule has 4 heteroatoms. The van der Waals surface area contributed by atoms with E-state index in [1.807, 2.05) is 36.4 Å². The predicted octanol–water partition coefficient (Wildman–Crippen LogP) is 5.02. The van der Waals surface area contributed by atoms with Gasteiger partial charge in [0.25, 0.3) is 0 Å². The zero-order chi connectivity index (χ0) is 13.9. The zero-order valence-corrected chi connectivity index (χ0v) is 11.7. The van der Waals surface area contributed by atoms with Crippen molar-refractivity contribution in [2.45, 2.75) is 6.61 Å². The summed E-state index contributed by atoms with van der Waals surface area (Å²) in [4.78, 5) is 0. The quantitative estimate of drug-likeness (QED) is 0.675. The van der Waals surface area contributed by atoms with Crippen LogP contribution in [0.15, 0.2) is 52.9 Å². The normalized spacial score (nSPS) is 10.9. The second-order valence-electron chi connectivity index (χ2n) is 4.38. The van der Waals surface area contributed by atoms with Crippen LogP contribution in [0.3, 0.4) is 0 Å². The first kappa shape index (κ1) is 13.0. The van der Waals surface area contributed by atoms with Crippen molar-refractivity contribution in [3.05, 3.63) is 59.3 Å². The Balaban J connectivity index is 1.98. The first-order valence-corrected chi connectivity index (χ1v) is 6.58. The van der Waals surface area contributed by atoms with Gasteiger partial charge in [0, 0.05) is 17.5 Å². The van der Waals surface area contributed by atoms with E-state index in [-0.39, 0.29) is 0 Å². The third-order valence-electron chi connectivity index (χ3n) is 2.87. The lowest BCUT2D eigenvalue weighted by Crippen LogP contribution is -1.84. The van der Waals surface area contributed by atoms with Crippen LogP contribution in [0.2, 0.25) is 5.02 Å². The molecule has 0 spiro atoms. The molecule has 0 aliphatic heterocycles. The number of ether oxygens (including phenoxy) is 2. The first-order chi connectivity index (χ1) is 9.76. The number of hydrogen-bond acceptors (Lipinski definition) is 3. The summed E-state index contributed by atoms with van der Waals surface area (Å²) in [6.45, 7) is 0.436. The molecule has 3 nitrogen and oxygen atoms in total. The van der Waals surface area contributed by atoms with Gasteiger partial charge >= 0.3 is 0 Å². The summed E-state index contributed by atoms with van der Waals surface area (Å²) in [5.74, 6) is 2.10. The first-order valence-electron chi connectivity index (χ1n) is 6.20. The molecule has 0 N–H and O–H groups in total. The lowest BCUT2D eigenvalue weighted by atomic mass is 10.2. The largest absolute Gasteiger partial charge is 0.455 e. The minimum absolute atomic E-state index is 0.436. The van der Waals surface area contributed by atoms with Crippen molar-refractivity contribution in [3.8, 4) is 11.5 Å². The molecule has 0 aliphatic rings. The number of rotatable bonds is 4. The fraction of sp³-hybridized carbons (Fsp3) is 0.125. The third-order valence-corrected chi connectivity index (χ3v) is 3.10. The summed E-state index contributed by atoms with van der Waals surface area (Å²) in [5.41, 5.74) is 0.708. The molecular formula is C16H13ClO3. The number of furan rings is 1. The van der Waals surface area contributed by atoms with E-state index in [1.165, 1.54) is 0 Å². The average Bonchev–Trinajstić information content (AvgIpc) is 2.83. The van der Waals surface area contributed by atoms with Crippen LogP contribution in [0.1, 0.15) is 5.76 Å². The predicted molar refractivity (Wildman–Crippen MR) is 78.5 cm³/mol. The maximum absolute atomic E-state index is 5.95. The molecule has 2 aromatic carbocycles. The SMILES string of the molecule is COCc1cc2cccc(Oc3cccc(Cl)c3)c2o1. The van der Waals surface area contributed by atoms with Crippen molar-refractivity contribution in [2.75, 3.05) is 7.11 Å². The number of fused-ring (bicyclic) bond motifs is 1. The van der Waals surface area contributed by atoms with Gasteiger partial charge < -0.3 is 13.9 Å². The molecule has 0 bridgehead atoms. The molecule has 0 radical (unpaired) electrons. The highest BCUT2D eigenvalue weighted by molar-refractivity contribution is 6.30. The molecule has 20 heavy (non-hydrogen) atoms. The van der Waals surface area contributed by atoms with E-state index < -0.39 is 0 Å². The van der Waals surface area contributed by atoms with E-state index in [1.54, 1.807) is 19.2 Å². The van der Waals surface area contributed by atoms with Crippen LogP contribution in [-0.4, -0.2) is 7.11 Å². The second-order valence-corrected chi connectivity index (χ2v) is 4.82. The number of methoxy groups -OCH3 is 1. The van der Waals surface area contributed by atoms with Gasteiger partial charge in [-0.25, -0.2) is 0 Å². The monoisotopic (exact) mass is 288 g/mol. The van der Waals surface area contributed by atoms with E-state index >= 15 is 0 Å². The molecule has 0 saturated carbocycles. The van der Waals surface area contributed by atoms with Crippen molar-refractivity contribution >= 4 is 22.6 Å². The molecule has 0 unspecified atom stereocenters. The van der Waals surface area contributed by atoms with Crippen molar-refractivity contribution in [1.82, 2.24) is 0 Å². The molecule has 0 amide bonds. The van der Waals surface area contributed by atoms with E-state index in [0.717, 1.165) is 11.1 Å². The van der Waals surface area contributed by atoms with Crippen molar-refractivity contribution < 1.29 is 13.9 Å². The van der Waals surface area contributed by atoms with E-state index in [2.05, 4.69) is 0 Å². The summed E-state index contributed by atoms with van der Waals surface area (Å²) < 4.78 is 16.7. The van der Waals surface area contributed by atoms with Gasteiger partial charge in [-0.1, -0.05) is 29.8 Å². The Kier molecular flexibility index (Phi) is 3.63. The third kappa shape index (κ3) is 2.64. The van der Waals surface area contributed by atoms with Crippen LogP contribution < -0.4 is 4.74 Å². The average molecular weight is 289 g/mol. The van der Waals surface area contributed by atoms with Crippen molar-refractivity contribution in [2.24, 2.45) is 0 Å². The van der Waals surface area contributed by atoms with Crippen molar-refractivity contribution in [1.29, 1.82) is 0 Å². The maximum atomic E-state index is 5.95. The molecule has 0 atom stereocenters. The highest BCUT2D eigenvalue weighted by atomic mass is 35.5. The molecule has 0 aliphatic carbocycles. The maximum Gasteiger partial charge on any atom is 0.176 e. The number of hydrogen-bond donors (Lipinski definition) is 0. The molecule has 0 fully saturated rings. The van der Waals surface area contributed by atoms with Gasteiger partial charge in [-0.15, -0.1) is 0 Å². The fourth-order valence-corrected chi connectivity index (χ4v) is 2.22. The highest BCUT2D eigenvalue weighted by Gasteiger charge is 2.10. The van der Waals surface area contributed by atoms with Gasteiger partial charge in [-0.05, 0) is 30.3 Å². The number of para-hydroxylation sites is 1. The molecule has 0 saturated heterocycles. The second kappa shape index (κ2) is 5.57. The Morgan fingerprint density at radius 3 is 2.75 bits per heavy atom. The van der Waals surface area contributed by atoms with Gasteiger partial charge in [-0.2, -0.15) is 0 Å².